The van der Waals surface area contributed by atoms with Gasteiger partial charge in [0, 0.05) is 12.6 Å². The topological polar surface area (TPSA) is 72.4 Å². The van der Waals surface area contributed by atoms with Crippen LogP contribution < -0.4 is 0 Å². The molecule has 0 aliphatic rings. The van der Waals surface area contributed by atoms with Crippen molar-refractivity contribution in [2.75, 3.05) is 6.54 Å². The average molecular weight is 387 g/mol. The van der Waals surface area contributed by atoms with Gasteiger partial charge in [0.2, 0.25) is 11.8 Å². The first-order valence-electron chi connectivity index (χ1n) is 9.55. The molecule has 0 aliphatic carbocycles. The standard InChI is InChI=1S/C23H21N3O3/c1-2-14-26(16-21-24-25-23(29-21)20-11-6-15-28-20)22(27)13-12-18-9-5-8-17-7-3-4-10-19(17)18/h3-13,15H,2,14,16H2,1H3/b13-12+. The van der Waals surface area contributed by atoms with E-state index in [9.17, 15) is 4.79 Å². The van der Waals surface area contributed by atoms with E-state index in [1.54, 1.807) is 29.4 Å². The zero-order valence-corrected chi connectivity index (χ0v) is 16.1. The Kier molecular flexibility index (Phi) is 5.52. The van der Waals surface area contributed by atoms with Crippen molar-refractivity contribution in [2.24, 2.45) is 0 Å². The van der Waals surface area contributed by atoms with Crippen LogP contribution in [0.5, 0.6) is 0 Å². The first-order valence-corrected chi connectivity index (χ1v) is 9.55. The largest absolute Gasteiger partial charge is 0.459 e. The lowest BCUT2D eigenvalue weighted by molar-refractivity contribution is -0.126. The summed E-state index contributed by atoms with van der Waals surface area (Å²) in [6, 6.07) is 17.7. The number of nitrogens with zero attached hydrogens (tertiary/aromatic N) is 3. The van der Waals surface area contributed by atoms with Crippen LogP contribution in [-0.4, -0.2) is 27.5 Å². The fourth-order valence-corrected chi connectivity index (χ4v) is 3.18. The van der Waals surface area contributed by atoms with Crippen molar-refractivity contribution >= 4 is 22.8 Å². The predicted molar refractivity (Wildman–Crippen MR) is 111 cm³/mol. The molecule has 0 spiro atoms. The number of amides is 1. The number of furan rings is 1. The van der Waals surface area contributed by atoms with Gasteiger partial charge in [-0.3, -0.25) is 4.79 Å². The summed E-state index contributed by atoms with van der Waals surface area (Å²) in [6.07, 6.45) is 5.83. The molecule has 0 aliphatic heterocycles. The van der Waals surface area contributed by atoms with E-state index in [4.69, 9.17) is 8.83 Å². The van der Waals surface area contributed by atoms with E-state index in [1.165, 1.54) is 0 Å². The maximum atomic E-state index is 12.8. The van der Waals surface area contributed by atoms with Crippen molar-refractivity contribution in [2.45, 2.75) is 19.9 Å². The Hall–Kier alpha value is -3.67. The fraction of sp³-hybridized carbons (Fsp3) is 0.174. The van der Waals surface area contributed by atoms with Crippen LogP contribution in [0.1, 0.15) is 24.8 Å². The van der Waals surface area contributed by atoms with Gasteiger partial charge in [-0.25, -0.2) is 0 Å². The number of hydrogen-bond acceptors (Lipinski definition) is 5. The Bertz CT molecular complexity index is 1120. The van der Waals surface area contributed by atoms with Crippen LogP contribution >= 0.6 is 0 Å². The Morgan fingerprint density at radius 3 is 2.76 bits per heavy atom. The molecule has 0 unspecified atom stereocenters. The smallest absolute Gasteiger partial charge is 0.283 e. The summed E-state index contributed by atoms with van der Waals surface area (Å²) >= 11 is 0. The van der Waals surface area contributed by atoms with Crippen LogP contribution in [0.3, 0.4) is 0 Å². The summed E-state index contributed by atoms with van der Waals surface area (Å²) in [5.41, 5.74) is 1.01. The minimum absolute atomic E-state index is 0.0995. The molecule has 0 saturated heterocycles. The van der Waals surface area contributed by atoms with Crippen molar-refractivity contribution in [1.29, 1.82) is 0 Å². The molecule has 2 aromatic carbocycles. The van der Waals surface area contributed by atoms with Gasteiger partial charge in [0.1, 0.15) is 0 Å². The summed E-state index contributed by atoms with van der Waals surface area (Å²) in [4.78, 5) is 14.5. The molecule has 1 amide bonds. The summed E-state index contributed by atoms with van der Waals surface area (Å²) in [7, 11) is 0. The molecule has 0 N–H and O–H groups in total. The lowest BCUT2D eigenvalue weighted by Crippen LogP contribution is -2.29. The van der Waals surface area contributed by atoms with Gasteiger partial charge < -0.3 is 13.7 Å². The van der Waals surface area contributed by atoms with Crippen molar-refractivity contribution in [3.8, 4) is 11.7 Å². The average Bonchev–Trinajstić information content (AvgIpc) is 3.43. The van der Waals surface area contributed by atoms with Crippen LogP contribution in [-0.2, 0) is 11.3 Å². The quantitative estimate of drug-likeness (QED) is 0.420. The van der Waals surface area contributed by atoms with Crippen molar-refractivity contribution < 1.29 is 13.6 Å². The van der Waals surface area contributed by atoms with E-state index in [0.29, 0.717) is 24.1 Å². The Labute approximate surface area is 168 Å². The Morgan fingerprint density at radius 1 is 1.07 bits per heavy atom. The molecule has 6 nitrogen and oxygen atoms in total. The minimum atomic E-state index is -0.0995. The first-order chi connectivity index (χ1) is 14.2. The molecule has 29 heavy (non-hydrogen) atoms. The zero-order chi connectivity index (χ0) is 20.1. The molecule has 2 aromatic heterocycles. The molecular formula is C23H21N3O3. The lowest BCUT2D eigenvalue weighted by atomic mass is 10.0. The molecule has 6 heteroatoms. The second-order valence-corrected chi connectivity index (χ2v) is 6.64. The number of carbonyl (C=O) groups is 1. The number of rotatable bonds is 7. The SMILES string of the molecule is CCCN(Cc1nnc(-c2ccco2)o1)C(=O)/C=C/c1cccc2ccccc12. The van der Waals surface area contributed by atoms with Gasteiger partial charge in [-0.05, 0) is 41.0 Å². The first kappa shape index (κ1) is 18.7. The highest BCUT2D eigenvalue weighted by Crippen LogP contribution is 2.21. The number of benzene rings is 2. The van der Waals surface area contributed by atoms with E-state index in [0.717, 1.165) is 22.8 Å². The molecule has 0 fully saturated rings. The third kappa shape index (κ3) is 4.27. The number of carbonyl (C=O) groups excluding carboxylic acids is 1. The number of fused-ring (bicyclic) bond motifs is 1. The van der Waals surface area contributed by atoms with E-state index in [2.05, 4.69) is 28.4 Å². The zero-order valence-electron chi connectivity index (χ0n) is 16.1. The molecule has 0 radical (unpaired) electrons. The van der Waals surface area contributed by atoms with Crippen LogP contribution in [0.2, 0.25) is 0 Å². The third-order valence-corrected chi connectivity index (χ3v) is 4.56. The van der Waals surface area contributed by atoms with Gasteiger partial charge >= 0.3 is 0 Å². The van der Waals surface area contributed by atoms with Crippen LogP contribution in [0.4, 0.5) is 0 Å². The second kappa shape index (κ2) is 8.56. The van der Waals surface area contributed by atoms with Crippen molar-refractivity contribution in [3.05, 3.63) is 78.4 Å². The van der Waals surface area contributed by atoms with Crippen molar-refractivity contribution in [1.82, 2.24) is 15.1 Å². The van der Waals surface area contributed by atoms with Gasteiger partial charge in [-0.15, -0.1) is 10.2 Å². The van der Waals surface area contributed by atoms with E-state index in [-0.39, 0.29) is 12.5 Å². The highest BCUT2D eigenvalue weighted by atomic mass is 16.4. The molecule has 4 aromatic rings. The summed E-state index contributed by atoms with van der Waals surface area (Å²) in [5.74, 6) is 1.09. The summed E-state index contributed by atoms with van der Waals surface area (Å²) in [5, 5.41) is 10.3. The number of aromatic nitrogens is 2. The third-order valence-electron chi connectivity index (χ3n) is 4.56. The normalized spacial score (nSPS) is 11.3. The van der Waals surface area contributed by atoms with Crippen LogP contribution in [0.25, 0.3) is 28.5 Å². The lowest BCUT2D eigenvalue weighted by Gasteiger charge is -2.18. The molecule has 4 rings (SSSR count). The monoisotopic (exact) mass is 387 g/mol. The number of hydrogen-bond donors (Lipinski definition) is 0. The molecular weight excluding hydrogens is 366 g/mol. The van der Waals surface area contributed by atoms with E-state index in [1.807, 2.05) is 37.3 Å². The van der Waals surface area contributed by atoms with Gasteiger partial charge in [-0.2, -0.15) is 0 Å². The fourth-order valence-electron chi connectivity index (χ4n) is 3.18. The van der Waals surface area contributed by atoms with Gasteiger partial charge in [-0.1, -0.05) is 49.4 Å². The summed E-state index contributed by atoms with van der Waals surface area (Å²) < 4.78 is 10.9. The molecule has 0 bridgehead atoms. The maximum absolute atomic E-state index is 12.8. The molecule has 2 heterocycles. The molecule has 146 valence electrons. The van der Waals surface area contributed by atoms with E-state index < -0.39 is 0 Å². The Morgan fingerprint density at radius 2 is 1.93 bits per heavy atom. The van der Waals surface area contributed by atoms with Crippen LogP contribution in [0, 0.1) is 0 Å². The molecule has 0 atom stereocenters. The predicted octanol–water partition coefficient (Wildman–Crippen LogP) is 4.93. The van der Waals surface area contributed by atoms with E-state index >= 15 is 0 Å². The minimum Gasteiger partial charge on any atom is -0.459 e. The van der Waals surface area contributed by atoms with Crippen LogP contribution in [0.15, 0.2) is 75.8 Å². The summed E-state index contributed by atoms with van der Waals surface area (Å²) in [6.45, 7) is 2.87. The Balaban J connectivity index is 1.51. The van der Waals surface area contributed by atoms with Gasteiger partial charge in [0.05, 0.1) is 12.8 Å². The highest BCUT2D eigenvalue weighted by molar-refractivity contribution is 5.96. The maximum Gasteiger partial charge on any atom is 0.283 e. The van der Waals surface area contributed by atoms with Gasteiger partial charge in [0.25, 0.3) is 5.89 Å². The second-order valence-electron chi connectivity index (χ2n) is 6.64. The van der Waals surface area contributed by atoms with Gasteiger partial charge in [0.15, 0.2) is 5.76 Å². The highest BCUT2D eigenvalue weighted by Gasteiger charge is 2.16. The van der Waals surface area contributed by atoms with Crippen molar-refractivity contribution in [3.63, 3.8) is 0 Å². The molecule has 0 saturated carbocycles.